The fourth-order valence-electron chi connectivity index (χ4n) is 1.05. The number of allylic oxidation sites excluding steroid dienone is 3. The summed E-state index contributed by atoms with van der Waals surface area (Å²) in [6, 6.07) is 0. The molecule has 0 amide bonds. The normalized spacial score (nSPS) is 19.4. The summed E-state index contributed by atoms with van der Waals surface area (Å²) in [5.74, 6) is 0. The SMILES string of the molecule is Cl.Cl.[CH3][Hf]([CH3])([CH3])([CH3])([CH3])[O]CC1=CC=CC1. The van der Waals surface area contributed by atoms with Gasteiger partial charge in [0, 0.05) is 0 Å². The standard InChI is InChI=1S/C6H7O.5CH3.2ClH.Hf/c7-5-6-3-1-2-4-6;;;;;;;;/h1-3H,4-5H2;5*1H3;2*1H;/q-1;;;;;;;;+1. The Morgan fingerprint density at radius 2 is 1.67 bits per heavy atom. The molecule has 0 aromatic heterocycles. The molecule has 0 N–H and O–H groups in total. The predicted molar refractivity (Wildman–Crippen MR) is 71.6 cm³/mol. The van der Waals surface area contributed by atoms with E-state index in [4.69, 9.17) is 2.85 Å². The first-order chi connectivity index (χ1) is 5.55. The van der Waals surface area contributed by atoms with Gasteiger partial charge in [-0.1, -0.05) is 0 Å². The second-order valence-corrected chi connectivity index (χ2v) is 52.1. The van der Waals surface area contributed by atoms with Crippen molar-refractivity contribution >= 4 is 24.8 Å². The van der Waals surface area contributed by atoms with Crippen LogP contribution in [0.2, 0.25) is 23.4 Å². The van der Waals surface area contributed by atoms with Crippen LogP contribution in [0.3, 0.4) is 0 Å². The fourth-order valence-corrected chi connectivity index (χ4v) is 4.31. The van der Waals surface area contributed by atoms with Gasteiger partial charge < -0.3 is 0 Å². The van der Waals surface area contributed by atoms with E-state index in [-0.39, 0.29) is 24.8 Å². The second kappa shape index (κ2) is 4.64. The zero-order valence-corrected chi connectivity index (χ0v) is 15.6. The van der Waals surface area contributed by atoms with Gasteiger partial charge in [-0.25, -0.2) is 0 Å². The van der Waals surface area contributed by atoms with Crippen molar-refractivity contribution in [3.8, 4) is 0 Å². The quantitative estimate of drug-likeness (QED) is 0.575. The van der Waals surface area contributed by atoms with Gasteiger partial charge in [0.25, 0.3) is 0 Å². The molecule has 0 aliphatic heterocycles. The molecule has 0 aromatic carbocycles. The van der Waals surface area contributed by atoms with Gasteiger partial charge >= 0.3 is 80.6 Å². The molecule has 0 fully saturated rings. The molecule has 92 valence electrons. The van der Waals surface area contributed by atoms with Gasteiger partial charge in [-0.2, -0.15) is 0 Å². The monoisotopic (exact) mass is 422 g/mol. The van der Waals surface area contributed by atoms with Crippen LogP contribution < -0.4 is 0 Å². The second-order valence-electron chi connectivity index (χ2n) is 7.77. The van der Waals surface area contributed by atoms with Gasteiger partial charge in [0.2, 0.25) is 0 Å². The van der Waals surface area contributed by atoms with Crippen LogP contribution in [-0.4, -0.2) is 6.61 Å². The molecule has 0 atom stereocenters. The molecule has 1 aliphatic carbocycles. The van der Waals surface area contributed by atoms with Crippen LogP contribution in [-0.2, 0) is 20.3 Å². The summed E-state index contributed by atoms with van der Waals surface area (Å²) in [5.41, 5.74) is 1.41. The van der Waals surface area contributed by atoms with Gasteiger partial charge in [-0.3, -0.25) is 0 Å². The third-order valence-corrected chi connectivity index (χ3v) is 7.53. The van der Waals surface area contributed by atoms with Crippen molar-refractivity contribution in [3.63, 3.8) is 0 Å². The van der Waals surface area contributed by atoms with Crippen LogP contribution >= 0.6 is 24.8 Å². The number of hydrogen-bond acceptors (Lipinski definition) is 1. The molecule has 0 saturated heterocycles. The maximum atomic E-state index is 6.19. The molecule has 15 heavy (non-hydrogen) atoms. The van der Waals surface area contributed by atoms with Crippen molar-refractivity contribution in [2.75, 3.05) is 6.61 Å². The minimum absolute atomic E-state index is 0. The summed E-state index contributed by atoms with van der Waals surface area (Å²) in [4.78, 5) is 0. The van der Waals surface area contributed by atoms with E-state index in [1.165, 1.54) is 5.57 Å². The van der Waals surface area contributed by atoms with E-state index in [9.17, 15) is 0 Å². The molecular weight excluding hydrogens is 398 g/mol. The Morgan fingerprint density at radius 1 is 1.13 bits per heavy atom. The minimum atomic E-state index is -3.22. The van der Waals surface area contributed by atoms with Crippen molar-refractivity contribution in [1.82, 2.24) is 0 Å². The molecule has 1 rings (SSSR count). The first kappa shape index (κ1) is 18.3. The molecule has 0 saturated carbocycles. The molecule has 0 spiro atoms. The Kier molecular flexibility index (Phi) is 5.65. The van der Waals surface area contributed by atoms with Crippen LogP contribution in [0.4, 0.5) is 0 Å². The summed E-state index contributed by atoms with van der Waals surface area (Å²) in [5, 5.41) is 0. The summed E-state index contributed by atoms with van der Waals surface area (Å²) >= 11 is -3.22. The number of halogens is 2. The van der Waals surface area contributed by atoms with E-state index >= 15 is 0 Å². The third-order valence-electron chi connectivity index (χ3n) is 1.83. The Bertz CT molecular complexity index is 271. The summed E-state index contributed by atoms with van der Waals surface area (Å²) in [6.45, 7) is 0.824. The molecule has 1 nitrogen and oxygen atoms in total. The fraction of sp³-hybridized carbons (Fsp3) is 0.636. The Morgan fingerprint density at radius 3 is 2.00 bits per heavy atom. The maximum absolute atomic E-state index is 6.19. The zero-order chi connectivity index (χ0) is 10.2. The van der Waals surface area contributed by atoms with E-state index < -0.39 is 17.5 Å². The van der Waals surface area contributed by atoms with E-state index in [0.29, 0.717) is 0 Å². The Hall–Kier alpha value is 0.890. The topological polar surface area (TPSA) is 9.23 Å². The Labute approximate surface area is 105 Å². The molecule has 0 aromatic rings. The first-order valence-electron chi connectivity index (χ1n) is 5.06. The van der Waals surface area contributed by atoms with Gasteiger partial charge in [0.15, 0.2) is 0 Å². The molecule has 0 heterocycles. The van der Waals surface area contributed by atoms with Crippen LogP contribution in [0, 0.1) is 0 Å². The average Bonchev–Trinajstić information content (AvgIpc) is 2.29. The van der Waals surface area contributed by atoms with Crippen molar-refractivity contribution in [2.24, 2.45) is 0 Å². The van der Waals surface area contributed by atoms with Crippen LogP contribution in [0.15, 0.2) is 23.8 Å². The number of rotatable bonds is 3. The van der Waals surface area contributed by atoms with E-state index in [2.05, 4.69) is 41.6 Å². The first-order valence-corrected chi connectivity index (χ1v) is 24.5. The van der Waals surface area contributed by atoms with E-state index in [0.717, 1.165) is 13.0 Å². The third kappa shape index (κ3) is 9.80. The Balaban J connectivity index is 0. The van der Waals surface area contributed by atoms with Crippen molar-refractivity contribution in [3.05, 3.63) is 23.8 Å². The summed E-state index contributed by atoms with van der Waals surface area (Å²) in [7, 11) is 0. The van der Waals surface area contributed by atoms with E-state index in [1.807, 2.05) is 0 Å². The van der Waals surface area contributed by atoms with Crippen LogP contribution in [0.5, 0.6) is 0 Å². The average molecular weight is 422 g/mol. The molecule has 0 radical (unpaired) electrons. The molecule has 0 bridgehead atoms. The van der Waals surface area contributed by atoms with Crippen molar-refractivity contribution in [2.45, 2.75) is 29.8 Å². The summed E-state index contributed by atoms with van der Waals surface area (Å²) in [6.07, 6.45) is 7.54. The van der Waals surface area contributed by atoms with Gasteiger partial charge in [-0.05, 0) is 0 Å². The van der Waals surface area contributed by atoms with Crippen molar-refractivity contribution in [1.29, 1.82) is 0 Å². The molecular formula is C11H24Cl2HfO. The van der Waals surface area contributed by atoms with Gasteiger partial charge in [0.05, 0.1) is 0 Å². The predicted octanol–water partition coefficient (Wildman–Crippen LogP) is 5.11. The number of hydrogen-bond donors (Lipinski definition) is 0. The molecule has 0 unspecified atom stereocenters. The van der Waals surface area contributed by atoms with E-state index in [1.54, 1.807) is 0 Å². The van der Waals surface area contributed by atoms with Crippen LogP contribution in [0.1, 0.15) is 6.42 Å². The van der Waals surface area contributed by atoms with Crippen LogP contribution in [0.25, 0.3) is 0 Å². The molecule has 1 aliphatic rings. The van der Waals surface area contributed by atoms with Gasteiger partial charge in [-0.15, -0.1) is 24.8 Å². The van der Waals surface area contributed by atoms with Gasteiger partial charge in [0.1, 0.15) is 0 Å². The van der Waals surface area contributed by atoms with Crippen molar-refractivity contribution < 1.29 is 20.3 Å². The summed E-state index contributed by atoms with van der Waals surface area (Å²) < 4.78 is 17.8. The zero-order valence-electron chi connectivity index (χ0n) is 10.4. The molecule has 4 heteroatoms.